The standard InChI is InChI=1S/C15H19BrN4O/c1-9-15(16)14(20(2)19-9)6-13(18-17)10-3-4-11-7-21-8-12(11)5-10/h3-5,13,18H,6-8,17H2,1-2H3. The highest BCUT2D eigenvalue weighted by molar-refractivity contribution is 9.10. The van der Waals surface area contributed by atoms with Crippen molar-refractivity contribution in [3.63, 3.8) is 0 Å². The predicted octanol–water partition coefficient (Wildman–Crippen LogP) is 2.27. The Hall–Kier alpha value is -1.21. The van der Waals surface area contributed by atoms with Crippen molar-refractivity contribution in [2.24, 2.45) is 12.9 Å². The van der Waals surface area contributed by atoms with Crippen molar-refractivity contribution in [1.82, 2.24) is 15.2 Å². The molecule has 0 bridgehead atoms. The van der Waals surface area contributed by atoms with E-state index in [1.54, 1.807) is 0 Å². The number of hydrazine groups is 1. The van der Waals surface area contributed by atoms with Crippen LogP contribution in [0.25, 0.3) is 0 Å². The first-order valence-corrected chi connectivity index (χ1v) is 7.73. The van der Waals surface area contributed by atoms with Crippen LogP contribution in [0.5, 0.6) is 0 Å². The first-order chi connectivity index (χ1) is 10.1. The number of nitrogens with zero attached hydrogens (tertiary/aromatic N) is 2. The second kappa shape index (κ2) is 5.88. The first-order valence-electron chi connectivity index (χ1n) is 6.93. The molecule has 0 aliphatic carbocycles. The second-order valence-corrected chi connectivity index (χ2v) is 6.21. The highest BCUT2D eigenvalue weighted by Crippen LogP contribution is 2.28. The quantitative estimate of drug-likeness (QED) is 0.655. The van der Waals surface area contributed by atoms with Crippen LogP contribution >= 0.6 is 15.9 Å². The number of ether oxygens (including phenoxy) is 1. The molecule has 1 unspecified atom stereocenters. The number of aryl methyl sites for hydroxylation is 2. The van der Waals surface area contributed by atoms with Crippen molar-refractivity contribution in [1.29, 1.82) is 0 Å². The maximum absolute atomic E-state index is 5.78. The molecule has 1 aliphatic rings. The van der Waals surface area contributed by atoms with Gasteiger partial charge >= 0.3 is 0 Å². The van der Waals surface area contributed by atoms with Gasteiger partial charge in [-0.2, -0.15) is 5.10 Å². The summed E-state index contributed by atoms with van der Waals surface area (Å²) in [6, 6.07) is 6.48. The van der Waals surface area contributed by atoms with Crippen molar-refractivity contribution in [3.8, 4) is 0 Å². The van der Waals surface area contributed by atoms with Gasteiger partial charge in [-0.25, -0.2) is 0 Å². The molecule has 0 fully saturated rings. The number of fused-ring (bicyclic) bond motifs is 1. The summed E-state index contributed by atoms with van der Waals surface area (Å²) >= 11 is 3.61. The third-order valence-electron chi connectivity index (χ3n) is 4.01. The van der Waals surface area contributed by atoms with Gasteiger partial charge in [-0.05, 0) is 39.5 Å². The summed E-state index contributed by atoms with van der Waals surface area (Å²) in [5.74, 6) is 5.78. The molecule has 0 saturated heterocycles. The summed E-state index contributed by atoms with van der Waals surface area (Å²) < 4.78 is 8.42. The number of hydrogen-bond acceptors (Lipinski definition) is 4. The summed E-state index contributed by atoms with van der Waals surface area (Å²) in [5, 5.41) is 4.43. The normalized spacial score (nSPS) is 15.2. The molecule has 0 saturated carbocycles. The Morgan fingerprint density at radius 2 is 2.19 bits per heavy atom. The number of benzene rings is 1. The van der Waals surface area contributed by atoms with Crippen LogP contribution < -0.4 is 11.3 Å². The molecule has 6 heteroatoms. The van der Waals surface area contributed by atoms with Gasteiger partial charge in [-0.1, -0.05) is 18.2 Å². The Balaban J connectivity index is 1.88. The van der Waals surface area contributed by atoms with Crippen molar-refractivity contribution < 1.29 is 4.74 Å². The Bertz CT molecular complexity index is 668. The molecule has 1 aliphatic heterocycles. The predicted molar refractivity (Wildman–Crippen MR) is 84.3 cm³/mol. The third kappa shape index (κ3) is 2.76. The van der Waals surface area contributed by atoms with E-state index in [1.807, 2.05) is 18.7 Å². The third-order valence-corrected chi connectivity index (χ3v) is 5.04. The number of nitrogens with one attached hydrogen (secondary N) is 1. The summed E-state index contributed by atoms with van der Waals surface area (Å²) in [6.07, 6.45) is 0.772. The lowest BCUT2D eigenvalue weighted by Gasteiger charge is -2.17. The van der Waals surface area contributed by atoms with Gasteiger partial charge in [0.15, 0.2) is 0 Å². The van der Waals surface area contributed by atoms with Crippen LogP contribution in [-0.2, 0) is 31.4 Å². The number of nitrogens with two attached hydrogens (primary N) is 1. The highest BCUT2D eigenvalue weighted by Gasteiger charge is 2.19. The van der Waals surface area contributed by atoms with Crippen LogP contribution in [0.4, 0.5) is 0 Å². The van der Waals surface area contributed by atoms with E-state index in [4.69, 9.17) is 10.6 Å². The molecular weight excluding hydrogens is 332 g/mol. The number of halogens is 1. The fourth-order valence-electron chi connectivity index (χ4n) is 2.78. The van der Waals surface area contributed by atoms with Gasteiger partial charge in [-0.3, -0.25) is 16.0 Å². The molecule has 3 N–H and O–H groups in total. The maximum atomic E-state index is 5.78. The molecule has 1 atom stereocenters. The second-order valence-electron chi connectivity index (χ2n) is 5.41. The minimum atomic E-state index is 0.0435. The van der Waals surface area contributed by atoms with E-state index in [9.17, 15) is 0 Å². The molecule has 21 heavy (non-hydrogen) atoms. The van der Waals surface area contributed by atoms with Crippen molar-refractivity contribution >= 4 is 15.9 Å². The lowest BCUT2D eigenvalue weighted by Crippen LogP contribution is -2.30. The van der Waals surface area contributed by atoms with E-state index in [0.29, 0.717) is 13.2 Å². The number of hydrogen-bond donors (Lipinski definition) is 2. The molecule has 3 rings (SSSR count). The Labute approximate surface area is 132 Å². The topological polar surface area (TPSA) is 65.1 Å². The zero-order valence-electron chi connectivity index (χ0n) is 12.2. The van der Waals surface area contributed by atoms with E-state index < -0.39 is 0 Å². The van der Waals surface area contributed by atoms with Crippen molar-refractivity contribution in [2.75, 3.05) is 0 Å². The van der Waals surface area contributed by atoms with Crippen LogP contribution in [0.1, 0.15) is 34.1 Å². The minimum absolute atomic E-state index is 0.0435. The average Bonchev–Trinajstić information content (AvgIpc) is 3.03. The van der Waals surface area contributed by atoms with E-state index in [0.717, 1.165) is 22.3 Å². The number of aromatic nitrogens is 2. The fraction of sp³-hybridized carbons (Fsp3) is 0.400. The zero-order chi connectivity index (χ0) is 15.0. The molecule has 0 amide bonds. The lowest BCUT2D eigenvalue weighted by molar-refractivity contribution is 0.134. The SMILES string of the molecule is Cc1nn(C)c(CC(NN)c2ccc3c(c2)COC3)c1Br. The van der Waals surface area contributed by atoms with Gasteiger partial charge in [0, 0.05) is 13.5 Å². The van der Waals surface area contributed by atoms with Gasteiger partial charge in [0.05, 0.1) is 35.1 Å². The van der Waals surface area contributed by atoms with E-state index in [1.165, 1.54) is 16.7 Å². The van der Waals surface area contributed by atoms with E-state index in [2.05, 4.69) is 44.7 Å². The van der Waals surface area contributed by atoms with Gasteiger partial charge in [0.2, 0.25) is 0 Å². The molecule has 2 aromatic rings. The van der Waals surface area contributed by atoms with E-state index in [-0.39, 0.29) is 6.04 Å². The Morgan fingerprint density at radius 3 is 2.86 bits per heavy atom. The zero-order valence-corrected chi connectivity index (χ0v) is 13.8. The lowest BCUT2D eigenvalue weighted by atomic mass is 9.98. The molecule has 1 aromatic carbocycles. The van der Waals surface area contributed by atoms with Crippen LogP contribution in [-0.4, -0.2) is 9.78 Å². The van der Waals surface area contributed by atoms with Crippen LogP contribution in [0.3, 0.4) is 0 Å². The maximum Gasteiger partial charge on any atom is 0.0738 e. The molecule has 0 spiro atoms. The van der Waals surface area contributed by atoms with Crippen LogP contribution in [0.15, 0.2) is 22.7 Å². The minimum Gasteiger partial charge on any atom is -0.372 e. The largest absolute Gasteiger partial charge is 0.372 e. The molecule has 112 valence electrons. The summed E-state index contributed by atoms with van der Waals surface area (Å²) in [6.45, 7) is 3.39. The molecular formula is C15H19BrN4O. The van der Waals surface area contributed by atoms with Crippen LogP contribution in [0.2, 0.25) is 0 Å². The van der Waals surface area contributed by atoms with Gasteiger partial charge in [0.1, 0.15) is 0 Å². The van der Waals surface area contributed by atoms with E-state index >= 15 is 0 Å². The molecule has 1 aromatic heterocycles. The summed E-state index contributed by atoms with van der Waals surface area (Å²) in [7, 11) is 1.96. The van der Waals surface area contributed by atoms with Crippen molar-refractivity contribution in [3.05, 3.63) is 50.8 Å². The molecule has 0 radical (unpaired) electrons. The van der Waals surface area contributed by atoms with Crippen molar-refractivity contribution in [2.45, 2.75) is 32.6 Å². The Morgan fingerprint density at radius 1 is 1.43 bits per heavy atom. The van der Waals surface area contributed by atoms with Gasteiger partial charge in [0.25, 0.3) is 0 Å². The van der Waals surface area contributed by atoms with Crippen LogP contribution in [0, 0.1) is 6.92 Å². The monoisotopic (exact) mass is 350 g/mol. The van der Waals surface area contributed by atoms with Gasteiger partial charge < -0.3 is 4.74 Å². The average molecular weight is 351 g/mol. The fourth-order valence-corrected chi connectivity index (χ4v) is 3.27. The van der Waals surface area contributed by atoms with Gasteiger partial charge in [-0.15, -0.1) is 0 Å². The smallest absolute Gasteiger partial charge is 0.0738 e. The summed E-state index contributed by atoms with van der Waals surface area (Å²) in [5.41, 5.74) is 8.74. The highest BCUT2D eigenvalue weighted by atomic mass is 79.9. The first kappa shape index (κ1) is 14.7. The Kier molecular flexibility index (Phi) is 4.12. The number of rotatable bonds is 4. The molecule has 2 heterocycles. The summed E-state index contributed by atoms with van der Waals surface area (Å²) in [4.78, 5) is 0. The molecule has 5 nitrogen and oxygen atoms in total.